The Morgan fingerprint density at radius 1 is 0.453 bits per heavy atom. The van der Waals surface area contributed by atoms with Gasteiger partial charge in [0.2, 0.25) is 0 Å². The van der Waals surface area contributed by atoms with Gasteiger partial charge in [0, 0.05) is 50.3 Å². The molecule has 7 aromatic carbocycles. The Labute approximate surface area is 308 Å². The molecule has 0 N–H and O–H groups in total. The Hall–Kier alpha value is -6.92. The number of aromatic nitrogens is 4. The van der Waals surface area contributed by atoms with E-state index in [2.05, 4.69) is 173 Å². The van der Waals surface area contributed by atoms with Crippen LogP contribution in [-0.2, 0) is 0 Å². The average Bonchev–Trinajstić information content (AvgIpc) is 3.82. The van der Waals surface area contributed by atoms with Crippen molar-refractivity contribution in [3.05, 3.63) is 182 Å². The van der Waals surface area contributed by atoms with Gasteiger partial charge in [-0.15, -0.1) is 10.2 Å². The van der Waals surface area contributed by atoms with Crippen LogP contribution >= 0.6 is 0 Å². The van der Waals surface area contributed by atoms with E-state index in [1.807, 2.05) is 30.3 Å². The number of anilines is 3. The minimum Gasteiger partial charge on any atom is -0.494 e. The Morgan fingerprint density at radius 3 is 1.45 bits per heavy atom. The van der Waals surface area contributed by atoms with Crippen molar-refractivity contribution >= 4 is 38.9 Å². The number of hydrogen-bond acceptors (Lipinski definition) is 4. The second-order valence-electron chi connectivity index (χ2n) is 13.0. The van der Waals surface area contributed by atoms with E-state index in [1.165, 1.54) is 21.8 Å². The number of para-hydroxylation sites is 3. The quantitative estimate of drug-likeness (QED) is 0.144. The van der Waals surface area contributed by atoms with Crippen LogP contribution in [0, 0.1) is 0 Å². The van der Waals surface area contributed by atoms with Crippen LogP contribution in [0.3, 0.4) is 0 Å². The molecule has 2 aromatic heterocycles. The van der Waals surface area contributed by atoms with E-state index in [0.29, 0.717) is 6.61 Å². The van der Waals surface area contributed by atoms with Crippen LogP contribution in [0.4, 0.5) is 17.1 Å². The summed E-state index contributed by atoms with van der Waals surface area (Å²) in [6, 6.07) is 63.5. The highest BCUT2D eigenvalue weighted by Crippen LogP contribution is 2.38. The lowest BCUT2D eigenvalue weighted by molar-refractivity contribution is 0.317. The Kier molecular flexibility index (Phi) is 8.46. The van der Waals surface area contributed by atoms with Crippen molar-refractivity contribution in [1.82, 2.24) is 19.3 Å². The summed E-state index contributed by atoms with van der Waals surface area (Å²) in [5, 5.41) is 11.9. The third-order valence-electron chi connectivity index (χ3n) is 9.61. The van der Waals surface area contributed by atoms with Gasteiger partial charge in [0.25, 0.3) is 0 Å². The molecule has 0 aliphatic heterocycles. The molecule has 2 heterocycles. The summed E-state index contributed by atoms with van der Waals surface area (Å²) >= 11 is 0. The maximum absolute atomic E-state index is 5.85. The van der Waals surface area contributed by atoms with Crippen molar-refractivity contribution < 1.29 is 4.74 Å². The van der Waals surface area contributed by atoms with E-state index in [-0.39, 0.29) is 0 Å². The van der Waals surface area contributed by atoms with Crippen LogP contribution in [0.2, 0.25) is 0 Å². The van der Waals surface area contributed by atoms with E-state index < -0.39 is 0 Å². The number of fused-ring (bicyclic) bond motifs is 3. The summed E-state index contributed by atoms with van der Waals surface area (Å²) in [4.78, 5) is 2.29. The first kappa shape index (κ1) is 32.0. The molecule has 6 heteroatoms. The van der Waals surface area contributed by atoms with Gasteiger partial charge in [0.05, 0.1) is 17.6 Å². The Bertz CT molecular complexity index is 2570. The van der Waals surface area contributed by atoms with E-state index in [0.717, 1.165) is 63.4 Å². The zero-order valence-corrected chi connectivity index (χ0v) is 29.4. The molecular weight excluding hydrogens is 651 g/mol. The molecule has 0 aliphatic carbocycles. The van der Waals surface area contributed by atoms with Crippen molar-refractivity contribution in [2.75, 3.05) is 11.5 Å². The largest absolute Gasteiger partial charge is 0.494 e. The van der Waals surface area contributed by atoms with Gasteiger partial charge in [0.15, 0.2) is 11.6 Å². The van der Waals surface area contributed by atoms with Crippen LogP contribution in [0.5, 0.6) is 5.75 Å². The van der Waals surface area contributed by atoms with Gasteiger partial charge in [-0.3, -0.25) is 4.57 Å². The second kappa shape index (κ2) is 14.0. The molecule has 9 aromatic rings. The highest BCUT2D eigenvalue weighted by molar-refractivity contribution is 6.09. The van der Waals surface area contributed by atoms with E-state index in [9.17, 15) is 0 Å². The summed E-state index contributed by atoms with van der Waals surface area (Å²) < 4.78 is 10.3. The van der Waals surface area contributed by atoms with E-state index >= 15 is 0 Å². The van der Waals surface area contributed by atoms with Gasteiger partial charge < -0.3 is 14.2 Å². The Morgan fingerprint density at radius 2 is 0.906 bits per heavy atom. The predicted molar refractivity (Wildman–Crippen MR) is 217 cm³/mol. The fraction of sp³-hybridized carbons (Fsp3) is 0.0638. The smallest absolute Gasteiger partial charge is 0.168 e. The molecule has 0 unspecified atom stereocenters. The highest BCUT2D eigenvalue weighted by atomic mass is 16.5. The van der Waals surface area contributed by atoms with Crippen molar-refractivity contribution in [2.45, 2.75) is 13.3 Å². The molecule has 0 bridgehead atoms. The molecule has 0 spiro atoms. The summed E-state index contributed by atoms with van der Waals surface area (Å²) in [6.45, 7) is 2.79. The molecule has 6 nitrogen and oxygen atoms in total. The SMILES string of the molecule is CCCOc1ccc(-c2nnc(-c3ccccc3)n2-c2ccc(N(c3ccccc3)c3ccc(-n4c5ccccc5c5ccccc54)cc3)cc2)cc1. The lowest BCUT2D eigenvalue weighted by Crippen LogP contribution is -2.10. The van der Waals surface area contributed by atoms with Gasteiger partial charge >= 0.3 is 0 Å². The van der Waals surface area contributed by atoms with Crippen LogP contribution in [0.1, 0.15) is 13.3 Å². The van der Waals surface area contributed by atoms with Gasteiger partial charge in [-0.2, -0.15) is 0 Å². The van der Waals surface area contributed by atoms with E-state index in [4.69, 9.17) is 14.9 Å². The second-order valence-corrected chi connectivity index (χ2v) is 13.0. The van der Waals surface area contributed by atoms with Crippen LogP contribution < -0.4 is 9.64 Å². The monoisotopic (exact) mass is 687 g/mol. The maximum Gasteiger partial charge on any atom is 0.168 e. The number of ether oxygens (including phenoxy) is 1. The third-order valence-corrected chi connectivity index (χ3v) is 9.61. The lowest BCUT2D eigenvalue weighted by Gasteiger charge is -2.26. The molecule has 256 valence electrons. The molecule has 0 amide bonds. The molecule has 0 radical (unpaired) electrons. The van der Waals surface area contributed by atoms with Gasteiger partial charge in [-0.25, -0.2) is 0 Å². The average molecular weight is 688 g/mol. The zero-order chi connectivity index (χ0) is 35.6. The summed E-state index contributed by atoms with van der Waals surface area (Å²) in [7, 11) is 0. The molecule has 0 aliphatic rings. The summed E-state index contributed by atoms with van der Waals surface area (Å²) in [6.07, 6.45) is 0.960. The molecule has 9 rings (SSSR count). The minimum atomic E-state index is 0.686. The van der Waals surface area contributed by atoms with Crippen molar-refractivity contribution in [3.63, 3.8) is 0 Å². The number of benzene rings is 7. The molecule has 0 fully saturated rings. The van der Waals surface area contributed by atoms with Gasteiger partial charge in [-0.05, 0) is 103 Å². The third kappa shape index (κ3) is 6.00. The zero-order valence-electron chi connectivity index (χ0n) is 29.4. The van der Waals surface area contributed by atoms with Crippen molar-refractivity contribution in [2.24, 2.45) is 0 Å². The maximum atomic E-state index is 5.85. The fourth-order valence-electron chi connectivity index (χ4n) is 7.14. The molecule has 0 saturated heterocycles. The summed E-state index contributed by atoms with van der Waals surface area (Å²) in [5.41, 5.74) is 9.61. The van der Waals surface area contributed by atoms with Gasteiger partial charge in [0.1, 0.15) is 5.75 Å². The van der Waals surface area contributed by atoms with Crippen LogP contribution in [0.25, 0.3) is 56.0 Å². The molecular formula is C47H37N5O. The first-order valence-corrected chi connectivity index (χ1v) is 18.0. The topological polar surface area (TPSA) is 48.1 Å². The standard InChI is InChI=1S/C47H37N5O/c1-2-33-53-41-31-21-35(22-32-41)47-49-48-46(34-13-5-3-6-14-34)52(47)40-29-25-38(26-30-40)50(36-15-7-4-8-16-36)37-23-27-39(28-24-37)51-44-19-11-9-17-42(44)43-18-10-12-20-45(43)51/h3-32H,2,33H2,1H3. The number of hydrogen-bond donors (Lipinski definition) is 0. The highest BCUT2D eigenvalue weighted by Gasteiger charge is 2.19. The fourth-order valence-corrected chi connectivity index (χ4v) is 7.14. The minimum absolute atomic E-state index is 0.686. The van der Waals surface area contributed by atoms with Crippen molar-refractivity contribution in [1.29, 1.82) is 0 Å². The first-order valence-electron chi connectivity index (χ1n) is 18.0. The number of nitrogens with zero attached hydrogens (tertiary/aromatic N) is 5. The lowest BCUT2D eigenvalue weighted by atomic mass is 10.1. The summed E-state index contributed by atoms with van der Waals surface area (Å²) in [5.74, 6) is 2.39. The van der Waals surface area contributed by atoms with Crippen LogP contribution in [0.15, 0.2) is 182 Å². The van der Waals surface area contributed by atoms with Crippen LogP contribution in [-0.4, -0.2) is 25.9 Å². The Balaban J connectivity index is 1.11. The van der Waals surface area contributed by atoms with Gasteiger partial charge in [-0.1, -0.05) is 91.9 Å². The molecule has 53 heavy (non-hydrogen) atoms. The first-order chi connectivity index (χ1) is 26.3. The van der Waals surface area contributed by atoms with Crippen molar-refractivity contribution in [3.8, 4) is 39.9 Å². The molecule has 0 atom stereocenters. The van der Waals surface area contributed by atoms with E-state index in [1.54, 1.807) is 0 Å². The number of rotatable bonds is 10. The normalized spacial score (nSPS) is 11.3. The molecule has 0 saturated carbocycles. The predicted octanol–water partition coefficient (Wildman–Crippen LogP) is 12.0.